The first-order chi connectivity index (χ1) is 49.7. The number of hydrogen-bond acceptors (Lipinski definition) is 15. The molecule has 0 heterocycles. The van der Waals surface area contributed by atoms with Crippen LogP contribution < -0.4 is 0 Å². The van der Waals surface area contributed by atoms with Gasteiger partial charge in [0.25, 0.3) is 0 Å². The smallest absolute Gasteiger partial charge is 0.462 e. The summed E-state index contributed by atoms with van der Waals surface area (Å²) in [5.41, 5.74) is 0. The Kier molecular flexibility index (Phi) is 72.7. The van der Waals surface area contributed by atoms with Crippen molar-refractivity contribution in [3.8, 4) is 0 Å². The number of carbonyl (C=O) groups is 4. The van der Waals surface area contributed by atoms with Crippen molar-refractivity contribution in [1.29, 1.82) is 0 Å². The molecule has 102 heavy (non-hydrogen) atoms. The molecule has 0 aliphatic carbocycles. The Morgan fingerprint density at radius 3 is 0.833 bits per heavy atom. The van der Waals surface area contributed by atoms with Crippen LogP contribution in [0.1, 0.15) is 362 Å². The first-order valence-electron chi connectivity index (χ1n) is 40.8. The highest BCUT2D eigenvalue weighted by molar-refractivity contribution is 7.47. The van der Waals surface area contributed by atoms with Gasteiger partial charge in [0.15, 0.2) is 12.2 Å². The van der Waals surface area contributed by atoms with E-state index < -0.39 is 97.5 Å². The van der Waals surface area contributed by atoms with Gasteiger partial charge in [0.1, 0.15) is 19.3 Å². The molecule has 592 valence electrons. The highest BCUT2D eigenvalue weighted by Crippen LogP contribution is 2.45. The van der Waals surface area contributed by atoms with E-state index in [1.54, 1.807) is 0 Å². The third-order valence-electron chi connectivity index (χ3n) is 17.3. The molecule has 3 N–H and O–H groups in total. The summed E-state index contributed by atoms with van der Waals surface area (Å²) >= 11 is 0. The summed E-state index contributed by atoms with van der Waals surface area (Å²) in [5, 5.41) is 10.6. The minimum absolute atomic E-state index is 0.0274. The van der Waals surface area contributed by atoms with Crippen LogP contribution in [0.4, 0.5) is 0 Å². The summed E-state index contributed by atoms with van der Waals surface area (Å²) in [6.07, 6.45) is 78.6. The van der Waals surface area contributed by atoms with Crippen LogP contribution in [0.25, 0.3) is 0 Å². The number of unbranched alkanes of at least 4 members (excludes halogenated alkanes) is 37. The number of rotatable bonds is 77. The van der Waals surface area contributed by atoms with Gasteiger partial charge in [-0.25, -0.2) is 9.13 Å². The SMILES string of the molecule is CCCCC/C=C\C/C=C\C/C=C\C/C=C\C/C=C\CCC(=O)O[C@H](COC(=O)CCCCCCCCC/C=C\CCCCCC)COP(=O)(O)OC[C@H](O)COP(=O)(O)OC[C@@H](COC(=O)CCCCCCC/C=C\CCCCCCCC)OC(=O)CCCCCCCCCCCCCCC. The summed E-state index contributed by atoms with van der Waals surface area (Å²) < 4.78 is 68.5. The molecule has 0 radical (unpaired) electrons. The van der Waals surface area contributed by atoms with E-state index in [9.17, 15) is 43.2 Å². The lowest BCUT2D eigenvalue weighted by Crippen LogP contribution is -2.30. The van der Waals surface area contributed by atoms with Crippen LogP contribution >= 0.6 is 15.6 Å². The summed E-state index contributed by atoms with van der Waals surface area (Å²) in [6.45, 7) is 4.79. The second kappa shape index (κ2) is 75.5. The number of allylic oxidation sites excluding steroid dienone is 14. The lowest BCUT2D eigenvalue weighted by molar-refractivity contribution is -0.161. The Morgan fingerprint density at radius 2 is 0.500 bits per heavy atom. The summed E-state index contributed by atoms with van der Waals surface area (Å²) in [4.78, 5) is 73.0. The highest BCUT2D eigenvalue weighted by atomic mass is 31.2. The maximum atomic E-state index is 13.1. The van der Waals surface area contributed by atoms with Gasteiger partial charge in [-0.2, -0.15) is 0 Å². The number of hydrogen-bond donors (Lipinski definition) is 3. The molecule has 0 amide bonds. The molecule has 0 aliphatic heterocycles. The van der Waals surface area contributed by atoms with E-state index in [2.05, 4.69) is 94.5 Å². The van der Waals surface area contributed by atoms with Crippen LogP contribution in [-0.2, 0) is 65.4 Å². The average molecular weight is 1480 g/mol. The predicted octanol–water partition coefficient (Wildman–Crippen LogP) is 23.8. The lowest BCUT2D eigenvalue weighted by Gasteiger charge is -2.21. The third kappa shape index (κ3) is 74.5. The van der Waals surface area contributed by atoms with Crippen LogP contribution in [0.2, 0.25) is 0 Å². The molecule has 19 heteroatoms. The van der Waals surface area contributed by atoms with Crippen LogP contribution in [-0.4, -0.2) is 96.7 Å². The molecular weight excluding hydrogens is 1330 g/mol. The second-order valence-electron chi connectivity index (χ2n) is 27.4. The Labute approximate surface area is 621 Å². The van der Waals surface area contributed by atoms with Crippen molar-refractivity contribution in [1.82, 2.24) is 0 Å². The molecule has 0 spiro atoms. The maximum Gasteiger partial charge on any atom is 0.472 e. The fourth-order valence-electron chi connectivity index (χ4n) is 11.1. The van der Waals surface area contributed by atoms with Crippen molar-refractivity contribution >= 4 is 39.5 Å². The van der Waals surface area contributed by atoms with E-state index in [1.807, 2.05) is 18.2 Å². The molecule has 2 unspecified atom stereocenters. The first kappa shape index (κ1) is 98.2. The number of aliphatic hydroxyl groups is 1. The fraction of sp³-hybridized carbons (Fsp3) is 0.783. The van der Waals surface area contributed by atoms with Gasteiger partial charge < -0.3 is 33.8 Å². The molecule has 5 atom stereocenters. The predicted molar refractivity (Wildman–Crippen MR) is 418 cm³/mol. The van der Waals surface area contributed by atoms with Gasteiger partial charge in [-0.3, -0.25) is 37.3 Å². The number of phosphoric ester groups is 2. The van der Waals surface area contributed by atoms with Gasteiger partial charge in [-0.1, -0.05) is 305 Å². The molecule has 0 rings (SSSR count). The summed E-state index contributed by atoms with van der Waals surface area (Å²) in [6, 6.07) is 0. The number of phosphoric acid groups is 2. The number of carbonyl (C=O) groups excluding carboxylic acids is 4. The second-order valence-corrected chi connectivity index (χ2v) is 30.3. The molecule has 0 aliphatic rings. The van der Waals surface area contributed by atoms with Gasteiger partial charge in [-0.05, 0) is 116 Å². The first-order valence-corrected chi connectivity index (χ1v) is 43.8. The Morgan fingerprint density at radius 1 is 0.275 bits per heavy atom. The van der Waals surface area contributed by atoms with E-state index >= 15 is 0 Å². The van der Waals surface area contributed by atoms with Gasteiger partial charge in [0.2, 0.25) is 0 Å². The number of ether oxygens (including phenoxy) is 4. The van der Waals surface area contributed by atoms with Crippen molar-refractivity contribution in [3.63, 3.8) is 0 Å². The Bertz CT molecular complexity index is 2260. The van der Waals surface area contributed by atoms with E-state index in [1.165, 1.54) is 148 Å². The van der Waals surface area contributed by atoms with Crippen molar-refractivity contribution in [2.75, 3.05) is 39.6 Å². The molecule has 17 nitrogen and oxygen atoms in total. The molecule has 0 bridgehead atoms. The molecule has 0 fully saturated rings. The van der Waals surface area contributed by atoms with Crippen LogP contribution in [0.5, 0.6) is 0 Å². The topological polar surface area (TPSA) is 237 Å². The van der Waals surface area contributed by atoms with Gasteiger partial charge in [0, 0.05) is 25.7 Å². The van der Waals surface area contributed by atoms with Crippen molar-refractivity contribution < 1.29 is 80.2 Å². The van der Waals surface area contributed by atoms with Crippen molar-refractivity contribution in [2.24, 2.45) is 0 Å². The van der Waals surface area contributed by atoms with Gasteiger partial charge in [-0.15, -0.1) is 0 Å². The van der Waals surface area contributed by atoms with Crippen LogP contribution in [0, 0.1) is 0 Å². The molecule has 0 aromatic rings. The van der Waals surface area contributed by atoms with Crippen LogP contribution in [0.3, 0.4) is 0 Å². The van der Waals surface area contributed by atoms with Crippen LogP contribution in [0.15, 0.2) is 85.1 Å². The monoisotopic (exact) mass is 1480 g/mol. The lowest BCUT2D eigenvalue weighted by atomic mass is 10.0. The fourth-order valence-corrected chi connectivity index (χ4v) is 12.7. The van der Waals surface area contributed by atoms with Crippen molar-refractivity contribution in [2.45, 2.75) is 380 Å². The summed E-state index contributed by atoms with van der Waals surface area (Å²) in [7, 11) is -9.97. The van der Waals surface area contributed by atoms with E-state index in [0.29, 0.717) is 32.1 Å². The maximum absolute atomic E-state index is 13.1. The Hall–Kier alpha value is -3.76. The standard InChI is InChI=1S/C83H148O17P2/c1-5-9-13-17-21-25-29-33-36-37-38-39-42-46-50-54-58-62-66-70-83(88)100-79(74-94-81(86)68-64-60-56-52-48-45-41-35-31-27-23-19-15-11-7-3)76-98-102(91,92)96-72-77(84)71-95-101(89,90)97-75-78(99-82(87)69-65-61-57-53-49-43-32-28-24-20-16-12-8-4)73-93-80(85)67-63-59-55-51-47-44-40-34-30-26-22-18-14-10-6-2/h21,25,27,31,33-34,36,38-40,46,50,58,62,77-79,84H,5-20,22-24,26,28-30,32,35,37,41-45,47-49,51-57,59-61,63-76H2,1-4H3,(H,89,90)(H,91,92)/b25-21-,31-27-,36-33-,39-38-,40-34-,50-46-,62-58-/t77-,78-,79-/m1/s1. The molecule has 0 saturated carbocycles. The molecule has 0 aromatic carbocycles. The third-order valence-corrected chi connectivity index (χ3v) is 19.2. The van der Waals surface area contributed by atoms with E-state index in [0.717, 1.165) is 128 Å². The zero-order valence-electron chi connectivity index (χ0n) is 64.8. The minimum Gasteiger partial charge on any atom is -0.462 e. The zero-order valence-corrected chi connectivity index (χ0v) is 66.6. The average Bonchev–Trinajstić information content (AvgIpc) is 0.908. The van der Waals surface area contributed by atoms with E-state index in [4.69, 9.17) is 37.0 Å². The zero-order chi connectivity index (χ0) is 74.6. The van der Waals surface area contributed by atoms with Crippen molar-refractivity contribution in [3.05, 3.63) is 85.1 Å². The van der Waals surface area contributed by atoms with Gasteiger partial charge >= 0.3 is 39.5 Å². The molecule has 0 aromatic heterocycles. The normalized spacial score (nSPS) is 14.3. The van der Waals surface area contributed by atoms with Gasteiger partial charge in [0.05, 0.1) is 26.4 Å². The Balaban J connectivity index is 5.41. The highest BCUT2D eigenvalue weighted by Gasteiger charge is 2.30. The minimum atomic E-state index is -4.99. The molecule has 0 saturated heterocycles. The quantitative estimate of drug-likeness (QED) is 0.0169. The number of esters is 4. The van der Waals surface area contributed by atoms with E-state index in [-0.39, 0.29) is 25.7 Å². The largest absolute Gasteiger partial charge is 0.472 e. The molecular formula is C83H148O17P2. The number of aliphatic hydroxyl groups excluding tert-OH is 1. The summed E-state index contributed by atoms with van der Waals surface area (Å²) in [5.74, 6) is -2.26.